The molecule has 0 unspecified atom stereocenters. The maximum atomic E-state index is 12.5. The van der Waals surface area contributed by atoms with Crippen molar-refractivity contribution >= 4 is 17.0 Å². The van der Waals surface area contributed by atoms with Gasteiger partial charge in [-0.05, 0) is 24.5 Å². The molecule has 0 bridgehead atoms. The highest BCUT2D eigenvalue weighted by Crippen LogP contribution is 2.31. The van der Waals surface area contributed by atoms with Crippen LogP contribution in [-0.4, -0.2) is 21.7 Å². The van der Waals surface area contributed by atoms with Crippen molar-refractivity contribution in [1.29, 1.82) is 0 Å². The van der Waals surface area contributed by atoms with Crippen LogP contribution in [0.3, 0.4) is 0 Å². The summed E-state index contributed by atoms with van der Waals surface area (Å²) >= 11 is 1.39. The first-order valence-electron chi connectivity index (χ1n) is 7.60. The molecule has 0 N–H and O–H groups in total. The molecule has 0 atom stereocenters. The van der Waals surface area contributed by atoms with Gasteiger partial charge in [0.15, 0.2) is 5.01 Å². The summed E-state index contributed by atoms with van der Waals surface area (Å²) in [6.45, 7) is 1.71. The molecule has 0 saturated heterocycles. The number of nitrogens with zero attached hydrogens (tertiary/aromatic N) is 4. The molecule has 1 aromatic carbocycles. The lowest BCUT2D eigenvalue weighted by atomic mass is 10.0. The van der Waals surface area contributed by atoms with Crippen molar-refractivity contribution in [2.24, 2.45) is 0 Å². The molecule has 0 radical (unpaired) electrons. The van der Waals surface area contributed by atoms with Gasteiger partial charge in [-0.1, -0.05) is 18.2 Å². The second kappa shape index (κ2) is 6.27. The zero-order valence-electron chi connectivity index (χ0n) is 12.7. The normalized spacial score (nSPS) is 14.2. The Bertz CT molecular complexity index is 848. The quantitative estimate of drug-likeness (QED) is 0.711. The molecule has 3 heterocycles. The van der Waals surface area contributed by atoms with Gasteiger partial charge in [0.05, 0.1) is 6.54 Å². The standard InChI is InChI=1S/C16H14F2N4OS/c17-13(18)14-20-21-15(23-14)16-19-8-11(24-16)9-22-7-3-5-10-4-1-2-6-12(10)22/h1-2,4,6,8,13H,3,5,7,9H2. The number of hydrogen-bond acceptors (Lipinski definition) is 6. The summed E-state index contributed by atoms with van der Waals surface area (Å²) in [6.07, 6.45) is 1.18. The number of aryl methyl sites for hydroxylation is 1. The number of fused-ring (bicyclic) bond motifs is 1. The molecule has 0 amide bonds. The highest BCUT2D eigenvalue weighted by atomic mass is 32.1. The Morgan fingerprint density at radius 2 is 2.12 bits per heavy atom. The van der Waals surface area contributed by atoms with Crippen molar-refractivity contribution < 1.29 is 13.2 Å². The van der Waals surface area contributed by atoms with Gasteiger partial charge in [-0.3, -0.25) is 0 Å². The van der Waals surface area contributed by atoms with E-state index in [0.717, 1.165) is 30.8 Å². The lowest BCUT2D eigenvalue weighted by Crippen LogP contribution is -2.28. The molecule has 3 aromatic rings. The van der Waals surface area contributed by atoms with Crippen molar-refractivity contribution in [2.45, 2.75) is 25.8 Å². The maximum absolute atomic E-state index is 12.5. The van der Waals surface area contributed by atoms with Crippen LogP contribution in [0, 0.1) is 0 Å². The molecule has 8 heteroatoms. The Kier molecular flexibility index (Phi) is 3.97. The van der Waals surface area contributed by atoms with Crippen LogP contribution in [0.15, 0.2) is 34.9 Å². The summed E-state index contributed by atoms with van der Waals surface area (Å²) < 4.78 is 30.0. The zero-order chi connectivity index (χ0) is 16.5. The van der Waals surface area contributed by atoms with Gasteiger partial charge < -0.3 is 9.32 Å². The Balaban J connectivity index is 1.54. The highest BCUT2D eigenvalue weighted by molar-refractivity contribution is 7.14. The van der Waals surface area contributed by atoms with Gasteiger partial charge in [0.2, 0.25) is 0 Å². The molecule has 24 heavy (non-hydrogen) atoms. The predicted octanol–water partition coefficient (Wildman–Crippen LogP) is 4.08. The molecule has 4 rings (SSSR count). The highest BCUT2D eigenvalue weighted by Gasteiger charge is 2.20. The zero-order valence-corrected chi connectivity index (χ0v) is 13.5. The van der Waals surface area contributed by atoms with E-state index in [2.05, 4.69) is 38.3 Å². The van der Waals surface area contributed by atoms with Crippen molar-refractivity contribution in [3.63, 3.8) is 0 Å². The largest absolute Gasteiger partial charge is 0.413 e. The van der Waals surface area contributed by atoms with Crippen molar-refractivity contribution in [1.82, 2.24) is 15.2 Å². The summed E-state index contributed by atoms with van der Waals surface area (Å²) in [6, 6.07) is 8.39. The fraction of sp³-hybridized carbons (Fsp3) is 0.312. The number of halogens is 2. The number of thiazole rings is 1. The van der Waals surface area contributed by atoms with E-state index in [1.54, 1.807) is 6.20 Å². The smallest absolute Gasteiger partial charge is 0.314 e. The van der Waals surface area contributed by atoms with Gasteiger partial charge in [-0.15, -0.1) is 21.5 Å². The molecule has 0 saturated carbocycles. The second-order valence-corrected chi connectivity index (χ2v) is 6.65. The summed E-state index contributed by atoms with van der Waals surface area (Å²) in [5.41, 5.74) is 2.60. The van der Waals surface area contributed by atoms with E-state index in [9.17, 15) is 8.78 Å². The minimum atomic E-state index is -2.77. The van der Waals surface area contributed by atoms with Crippen LogP contribution in [0.5, 0.6) is 0 Å². The van der Waals surface area contributed by atoms with Crippen LogP contribution in [0.4, 0.5) is 14.5 Å². The SMILES string of the molecule is FC(F)c1nnc(-c2ncc(CN3CCCc4ccccc43)s2)o1. The van der Waals surface area contributed by atoms with Crippen molar-refractivity contribution in [3.05, 3.63) is 46.8 Å². The molecule has 0 aliphatic carbocycles. The van der Waals surface area contributed by atoms with E-state index >= 15 is 0 Å². The molecule has 1 aliphatic rings. The van der Waals surface area contributed by atoms with E-state index < -0.39 is 12.3 Å². The molecule has 0 spiro atoms. The van der Waals surface area contributed by atoms with Crippen LogP contribution < -0.4 is 4.90 Å². The summed E-state index contributed by atoms with van der Waals surface area (Å²) in [5.74, 6) is -0.632. The van der Waals surface area contributed by atoms with Crippen LogP contribution >= 0.6 is 11.3 Å². The van der Waals surface area contributed by atoms with Gasteiger partial charge in [0.25, 0.3) is 11.8 Å². The third kappa shape index (κ3) is 2.89. The Hall–Kier alpha value is -2.35. The van der Waals surface area contributed by atoms with E-state index in [1.807, 2.05) is 6.07 Å². The average Bonchev–Trinajstić information content (AvgIpc) is 3.24. The van der Waals surface area contributed by atoms with Gasteiger partial charge in [0, 0.05) is 23.3 Å². The third-order valence-corrected chi connectivity index (χ3v) is 4.89. The number of rotatable bonds is 4. The Morgan fingerprint density at radius 3 is 2.96 bits per heavy atom. The molecule has 2 aromatic heterocycles. The number of benzene rings is 1. The number of para-hydroxylation sites is 1. The van der Waals surface area contributed by atoms with E-state index in [4.69, 9.17) is 4.42 Å². The number of aromatic nitrogens is 3. The van der Waals surface area contributed by atoms with Gasteiger partial charge >= 0.3 is 6.43 Å². The first-order valence-corrected chi connectivity index (χ1v) is 8.42. The second-order valence-electron chi connectivity index (χ2n) is 5.53. The first kappa shape index (κ1) is 15.2. The first-order chi connectivity index (χ1) is 11.7. The molecular weight excluding hydrogens is 334 g/mol. The Morgan fingerprint density at radius 1 is 1.25 bits per heavy atom. The van der Waals surface area contributed by atoms with E-state index in [1.165, 1.54) is 22.6 Å². The number of alkyl halides is 2. The maximum Gasteiger partial charge on any atom is 0.314 e. The topological polar surface area (TPSA) is 55.1 Å². The van der Waals surface area contributed by atoms with Crippen molar-refractivity contribution in [3.8, 4) is 10.9 Å². The minimum Gasteiger partial charge on any atom is -0.413 e. The third-order valence-electron chi connectivity index (χ3n) is 3.92. The van der Waals surface area contributed by atoms with Crippen LogP contribution in [0.25, 0.3) is 10.9 Å². The lowest BCUT2D eigenvalue weighted by molar-refractivity contribution is 0.116. The average molecular weight is 348 g/mol. The van der Waals surface area contributed by atoms with Crippen LogP contribution in [0.1, 0.15) is 29.2 Å². The minimum absolute atomic E-state index is 0.0422. The molecule has 124 valence electrons. The summed E-state index contributed by atoms with van der Waals surface area (Å²) in [4.78, 5) is 7.57. The van der Waals surface area contributed by atoms with Gasteiger partial charge in [-0.2, -0.15) is 8.78 Å². The Labute approximate surface area is 141 Å². The van der Waals surface area contributed by atoms with E-state index in [-0.39, 0.29) is 5.89 Å². The summed E-state index contributed by atoms with van der Waals surface area (Å²) in [5, 5.41) is 7.45. The predicted molar refractivity (Wildman–Crippen MR) is 86.2 cm³/mol. The van der Waals surface area contributed by atoms with Gasteiger partial charge in [-0.25, -0.2) is 4.98 Å². The fourth-order valence-corrected chi connectivity index (χ4v) is 3.70. The van der Waals surface area contributed by atoms with Gasteiger partial charge in [0.1, 0.15) is 0 Å². The number of anilines is 1. The van der Waals surface area contributed by atoms with E-state index in [0.29, 0.717) is 5.01 Å². The summed E-state index contributed by atoms with van der Waals surface area (Å²) in [7, 11) is 0. The molecule has 0 fully saturated rings. The monoisotopic (exact) mass is 348 g/mol. The van der Waals surface area contributed by atoms with Crippen LogP contribution in [-0.2, 0) is 13.0 Å². The number of hydrogen-bond donors (Lipinski definition) is 0. The molecular formula is C16H14F2N4OS. The fourth-order valence-electron chi connectivity index (χ4n) is 2.85. The lowest BCUT2D eigenvalue weighted by Gasteiger charge is -2.30. The van der Waals surface area contributed by atoms with Crippen molar-refractivity contribution in [2.75, 3.05) is 11.4 Å². The molecule has 1 aliphatic heterocycles. The molecule has 5 nitrogen and oxygen atoms in total. The van der Waals surface area contributed by atoms with Crippen LogP contribution in [0.2, 0.25) is 0 Å².